The van der Waals surface area contributed by atoms with E-state index in [1.165, 1.54) is 17.4 Å². The SMILES string of the molecule is C=CCOC(=O)c1cc2cc(CP=O)ccc2s1. The van der Waals surface area contributed by atoms with E-state index in [2.05, 4.69) is 6.58 Å². The Bertz CT molecular complexity index is 603. The van der Waals surface area contributed by atoms with Crippen molar-refractivity contribution in [2.75, 3.05) is 6.61 Å². The quantitative estimate of drug-likeness (QED) is 0.471. The van der Waals surface area contributed by atoms with Crippen molar-refractivity contribution in [3.63, 3.8) is 0 Å². The molecule has 0 fully saturated rings. The molecule has 0 aliphatic heterocycles. The van der Waals surface area contributed by atoms with Crippen LogP contribution in [0.2, 0.25) is 0 Å². The number of benzene rings is 1. The summed E-state index contributed by atoms with van der Waals surface area (Å²) in [4.78, 5) is 12.2. The van der Waals surface area contributed by atoms with E-state index >= 15 is 0 Å². The molecule has 0 aliphatic rings. The van der Waals surface area contributed by atoms with E-state index in [-0.39, 0.29) is 21.0 Å². The van der Waals surface area contributed by atoms with Crippen LogP contribution in [-0.2, 0) is 15.5 Å². The average Bonchev–Trinajstić information content (AvgIpc) is 2.79. The first-order valence-corrected chi connectivity index (χ1v) is 7.15. The molecule has 0 aliphatic carbocycles. The van der Waals surface area contributed by atoms with Crippen LogP contribution in [0.1, 0.15) is 15.2 Å². The largest absolute Gasteiger partial charge is 0.457 e. The van der Waals surface area contributed by atoms with Gasteiger partial charge in [-0.15, -0.1) is 11.3 Å². The van der Waals surface area contributed by atoms with Crippen LogP contribution in [-0.4, -0.2) is 12.6 Å². The first-order valence-electron chi connectivity index (χ1n) is 5.34. The van der Waals surface area contributed by atoms with Crippen molar-refractivity contribution in [2.45, 2.75) is 6.16 Å². The summed E-state index contributed by atoms with van der Waals surface area (Å²) >= 11 is 1.39. The Balaban J connectivity index is 2.28. The molecule has 0 radical (unpaired) electrons. The van der Waals surface area contributed by atoms with Gasteiger partial charge in [0.05, 0.1) is 6.16 Å². The maximum Gasteiger partial charge on any atom is 0.348 e. The Kier molecular flexibility index (Phi) is 4.24. The molecule has 3 nitrogen and oxygen atoms in total. The lowest BCUT2D eigenvalue weighted by molar-refractivity contribution is 0.0555. The van der Waals surface area contributed by atoms with Gasteiger partial charge in [-0.2, -0.15) is 0 Å². The minimum Gasteiger partial charge on any atom is -0.457 e. The third kappa shape index (κ3) is 2.84. The zero-order chi connectivity index (χ0) is 13.0. The van der Waals surface area contributed by atoms with Crippen LogP contribution in [0.5, 0.6) is 0 Å². The molecular formula is C13H11O3PS. The first kappa shape index (κ1) is 12.9. The predicted molar refractivity (Wildman–Crippen MR) is 73.6 cm³/mol. The molecule has 1 heterocycles. The summed E-state index contributed by atoms with van der Waals surface area (Å²) in [6.07, 6.45) is 2.03. The standard InChI is InChI=1S/C13H11O3PS/c1-2-5-16-13(14)12-7-10-6-9(8-17-15)3-4-11(10)18-12/h2-4,6-7H,1,5,8H2. The van der Waals surface area contributed by atoms with Gasteiger partial charge in [0.15, 0.2) is 8.46 Å². The molecular weight excluding hydrogens is 267 g/mol. The third-order valence-corrected chi connectivity index (χ3v) is 3.95. The Labute approximate surface area is 110 Å². The molecule has 0 saturated carbocycles. The molecule has 18 heavy (non-hydrogen) atoms. The summed E-state index contributed by atoms with van der Waals surface area (Å²) in [6.45, 7) is 3.71. The summed E-state index contributed by atoms with van der Waals surface area (Å²) in [5, 5.41) is 0.978. The summed E-state index contributed by atoms with van der Waals surface area (Å²) in [5.41, 5.74) is 0.989. The van der Waals surface area contributed by atoms with Crippen LogP contribution in [0.4, 0.5) is 0 Å². The van der Waals surface area contributed by atoms with Gasteiger partial charge >= 0.3 is 5.97 Å². The van der Waals surface area contributed by atoms with Crippen LogP contribution in [0.3, 0.4) is 0 Å². The van der Waals surface area contributed by atoms with Gasteiger partial charge in [0.2, 0.25) is 0 Å². The number of carbonyl (C=O) groups excluding carboxylic acids is 1. The molecule has 0 bridgehead atoms. The molecule has 0 N–H and O–H groups in total. The Hall–Kier alpha value is -1.51. The van der Waals surface area contributed by atoms with E-state index in [9.17, 15) is 9.36 Å². The molecule has 0 saturated heterocycles. The average molecular weight is 278 g/mol. The molecule has 1 aromatic carbocycles. The van der Waals surface area contributed by atoms with Gasteiger partial charge in [-0.3, -0.25) is 4.57 Å². The number of carbonyl (C=O) groups is 1. The highest BCUT2D eigenvalue weighted by Gasteiger charge is 2.11. The summed E-state index contributed by atoms with van der Waals surface area (Å²) < 4.78 is 16.6. The number of hydrogen-bond acceptors (Lipinski definition) is 4. The second-order valence-electron chi connectivity index (χ2n) is 3.66. The first-order chi connectivity index (χ1) is 8.74. The van der Waals surface area contributed by atoms with Crippen molar-refractivity contribution in [1.29, 1.82) is 0 Å². The molecule has 2 rings (SSSR count). The van der Waals surface area contributed by atoms with Gasteiger partial charge in [0.25, 0.3) is 0 Å². The number of rotatable bonds is 5. The lowest BCUT2D eigenvalue weighted by Crippen LogP contribution is -2.02. The van der Waals surface area contributed by atoms with Gasteiger partial charge < -0.3 is 4.74 Å². The normalized spacial score (nSPS) is 10.7. The highest BCUT2D eigenvalue weighted by molar-refractivity contribution is 7.22. The highest BCUT2D eigenvalue weighted by Crippen LogP contribution is 2.28. The van der Waals surface area contributed by atoms with E-state index in [0.717, 1.165) is 15.6 Å². The molecule has 0 spiro atoms. The van der Waals surface area contributed by atoms with Crippen molar-refractivity contribution >= 4 is 35.9 Å². The fourth-order valence-corrected chi connectivity index (χ4v) is 2.85. The van der Waals surface area contributed by atoms with E-state index in [4.69, 9.17) is 4.74 Å². The number of esters is 1. The zero-order valence-electron chi connectivity index (χ0n) is 9.59. The Morgan fingerprint density at radius 3 is 3.00 bits per heavy atom. The fourth-order valence-electron chi connectivity index (χ4n) is 1.57. The van der Waals surface area contributed by atoms with Gasteiger partial charge in [0, 0.05) is 4.70 Å². The monoisotopic (exact) mass is 278 g/mol. The minimum absolute atomic E-state index is 0.0986. The molecule has 5 heteroatoms. The molecule has 1 aromatic heterocycles. The highest BCUT2D eigenvalue weighted by atomic mass is 32.1. The van der Waals surface area contributed by atoms with Crippen molar-refractivity contribution in [3.05, 3.63) is 47.4 Å². The van der Waals surface area contributed by atoms with Gasteiger partial charge in [-0.25, -0.2) is 4.79 Å². The minimum atomic E-state index is -0.334. The summed E-state index contributed by atoms with van der Waals surface area (Å²) in [7, 11) is 0.0986. The van der Waals surface area contributed by atoms with Crippen molar-refractivity contribution in [1.82, 2.24) is 0 Å². The van der Waals surface area contributed by atoms with Gasteiger partial charge in [-0.1, -0.05) is 18.7 Å². The predicted octanol–water partition coefficient (Wildman–Crippen LogP) is 4.04. The topological polar surface area (TPSA) is 43.4 Å². The zero-order valence-corrected chi connectivity index (χ0v) is 11.3. The number of fused-ring (bicyclic) bond motifs is 1. The van der Waals surface area contributed by atoms with E-state index < -0.39 is 0 Å². The molecule has 2 aromatic rings. The van der Waals surface area contributed by atoms with E-state index in [1.807, 2.05) is 18.2 Å². The smallest absolute Gasteiger partial charge is 0.348 e. The number of hydrogen-bond donors (Lipinski definition) is 0. The van der Waals surface area contributed by atoms with Gasteiger partial charge in [-0.05, 0) is 29.1 Å². The van der Waals surface area contributed by atoms with Crippen molar-refractivity contribution < 1.29 is 14.1 Å². The molecule has 0 unspecified atom stereocenters. The second-order valence-corrected chi connectivity index (χ2v) is 5.32. The lowest BCUT2D eigenvalue weighted by Gasteiger charge is -1.96. The van der Waals surface area contributed by atoms with Crippen LogP contribution in [0, 0.1) is 0 Å². The maximum atomic E-state index is 11.7. The second kappa shape index (κ2) is 5.89. The van der Waals surface area contributed by atoms with Crippen LogP contribution < -0.4 is 0 Å². The van der Waals surface area contributed by atoms with E-state index in [1.54, 1.807) is 6.07 Å². The number of thiophene rings is 1. The Morgan fingerprint density at radius 2 is 2.28 bits per heavy atom. The lowest BCUT2D eigenvalue weighted by atomic mass is 10.2. The molecule has 0 amide bonds. The summed E-state index contributed by atoms with van der Waals surface area (Å²) in [6, 6.07) is 7.60. The van der Waals surface area contributed by atoms with E-state index in [0.29, 0.717) is 11.0 Å². The van der Waals surface area contributed by atoms with Gasteiger partial charge in [0.1, 0.15) is 11.5 Å². The van der Waals surface area contributed by atoms with Crippen molar-refractivity contribution in [2.24, 2.45) is 0 Å². The summed E-state index contributed by atoms with van der Waals surface area (Å²) in [5.74, 6) is -0.334. The molecule has 92 valence electrons. The third-order valence-electron chi connectivity index (χ3n) is 2.36. The number of ether oxygens (including phenoxy) is 1. The van der Waals surface area contributed by atoms with Crippen LogP contribution >= 0.6 is 19.8 Å². The maximum absolute atomic E-state index is 11.7. The fraction of sp³-hybridized carbons (Fsp3) is 0.154. The Morgan fingerprint density at radius 1 is 1.44 bits per heavy atom. The van der Waals surface area contributed by atoms with Crippen molar-refractivity contribution in [3.8, 4) is 0 Å². The van der Waals surface area contributed by atoms with Crippen LogP contribution in [0.25, 0.3) is 10.1 Å². The molecule has 0 atom stereocenters. The van der Waals surface area contributed by atoms with Crippen LogP contribution in [0.15, 0.2) is 36.9 Å².